The average molecular weight is 853 g/mol. The van der Waals surface area contributed by atoms with Crippen LogP contribution < -0.4 is 0 Å². The number of para-hydroxylation sites is 4. The van der Waals surface area contributed by atoms with E-state index in [1.165, 1.54) is 54.1 Å². The zero-order valence-corrected chi connectivity index (χ0v) is 36.0. The fourth-order valence-electron chi connectivity index (χ4n) is 11.1. The van der Waals surface area contributed by atoms with Crippen LogP contribution >= 0.6 is 0 Å². The van der Waals surface area contributed by atoms with E-state index in [4.69, 9.17) is 14.4 Å². The van der Waals surface area contributed by atoms with Gasteiger partial charge in [-0.25, -0.2) is 9.97 Å². The molecule has 15 aromatic rings. The minimum Gasteiger partial charge on any atom is -0.455 e. The van der Waals surface area contributed by atoms with Crippen LogP contribution in [0.2, 0.25) is 0 Å². The van der Waals surface area contributed by atoms with Crippen molar-refractivity contribution in [1.82, 2.24) is 19.1 Å². The summed E-state index contributed by atoms with van der Waals surface area (Å²) in [5.74, 6) is 0.666. The molecule has 0 spiro atoms. The molecule has 0 fully saturated rings. The Morgan fingerprint density at radius 2 is 1.03 bits per heavy atom. The van der Waals surface area contributed by atoms with Gasteiger partial charge in [-0.05, 0) is 93.7 Å². The lowest BCUT2D eigenvalue weighted by molar-refractivity contribution is 0.670. The van der Waals surface area contributed by atoms with Crippen molar-refractivity contribution in [2.45, 2.75) is 0 Å². The number of rotatable bonds is 4. The first kappa shape index (κ1) is 36.3. The summed E-state index contributed by atoms with van der Waals surface area (Å²) in [6, 6.07) is 78.6. The minimum absolute atomic E-state index is 0.666. The Hall–Kier alpha value is -9.06. The molecule has 0 saturated heterocycles. The highest BCUT2D eigenvalue weighted by Gasteiger charge is 2.22. The van der Waals surface area contributed by atoms with Gasteiger partial charge in [0, 0.05) is 59.9 Å². The van der Waals surface area contributed by atoms with Gasteiger partial charge in [-0.1, -0.05) is 152 Å². The third-order valence-corrected chi connectivity index (χ3v) is 14.1. The summed E-state index contributed by atoms with van der Waals surface area (Å²) >= 11 is 0. The molecule has 0 aliphatic heterocycles. The third kappa shape index (κ3) is 5.19. The average Bonchev–Trinajstić information content (AvgIpc) is 4.05. The molecule has 5 heteroatoms. The van der Waals surface area contributed by atoms with E-state index >= 15 is 0 Å². The van der Waals surface area contributed by atoms with Gasteiger partial charge in [0.2, 0.25) is 0 Å². The first-order valence-corrected chi connectivity index (χ1v) is 22.8. The van der Waals surface area contributed by atoms with E-state index in [1.807, 2.05) is 18.2 Å². The number of aromatic nitrogens is 4. The van der Waals surface area contributed by atoms with Crippen LogP contribution in [0.15, 0.2) is 223 Å². The lowest BCUT2D eigenvalue weighted by Crippen LogP contribution is -2.00. The van der Waals surface area contributed by atoms with Gasteiger partial charge in [0.25, 0.3) is 0 Å². The molecule has 0 aliphatic rings. The van der Waals surface area contributed by atoms with Crippen LogP contribution in [0.4, 0.5) is 0 Å². The van der Waals surface area contributed by atoms with Crippen LogP contribution in [0, 0.1) is 0 Å². The first-order chi connectivity index (χ1) is 33.2. The van der Waals surface area contributed by atoms with Gasteiger partial charge in [-0.3, -0.25) is 0 Å². The fraction of sp³-hybridized carbons (Fsp3) is 0. The van der Waals surface area contributed by atoms with E-state index in [0.717, 1.165) is 82.8 Å². The Kier molecular flexibility index (Phi) is 7.44. The van der Waals surface area contributed by atoms with E-state index in [1.54, 1.807) is 0 Å². The normalized spacial score (nSPS) is 12.2. The molecule has 0 N–H and O–H groups in total. The summed E-state index contributed by atoms with van der Waals surface area (Å²) in [6.07, 6.45) is 0. The largest absolute Gasteiger partial charge is 0.455 e. The fourth-order valence-corrected chi connectivity index (χ4v) is 11.1. The highest BCUT2D eigenvalue weighted by Crippen LogP contribution is 2.43. The molecule has 0 radical (unpaired) electrons. The molecule has 67 heavy (non-hydrogen) atoms. The van der Waals surface area contributed by atoms with E-state index in [2.05, 4.69) is 209 Å². The smallest absolute Gasteiger partial charge is 0.161 e. The maximum absolute atomic E-state index is 6.58. The zero-order valence-electron chi connectivity index (χ0n) is 36.0. The predicted molar refractivity (Wildman–Crippen MR) is 279 cm³/mol. The van der Waals surface area contributed by atoms with Gasteiger partial charge in [-0.15, -0.1) is 0 Å². The standard InChI is InChI=1S/C62H36N4O/c1-2-16-39-35-56-51(34-38(39)15-1)44-30-29-40(65-53-26-11-8-22-49(53)59-41-17-4-3-14-37(41)28-32-55(59)65)36-57(44)66(56)54-33-31-47(42-18-5-6-19-43(42)54)62-63-52-25-10-7-21-48(52)60(64-62)50-24-13-23-46-45-20-9-12-27-58(45)67-61(46)50/h1-36H. The number of fused-ring (bicyclic) bond motifs is 14. The van der Waals surface area contributed by atoms with Crippen molar-refractivity contribution in [3.05, 3.63) is 218 Å². The van der Waals surface area contributed by atoms with E-state index in [0.29, 0.717) is 5.82 Å². The lowest BCUT2D eigenvalue weighted by Gasteiger charge is -2.16. The Morgan fingerprint density at radius 1 is 0.343 bits per heavy atom. The van der Waals surface area contributed by atoms with Gasteiger partial charge >= 0.3 is 0 Å². The van der Waals surface area contributed by atoms with Crippen molar-refractivity contribution in [1.29, 1.82) is 0 Å². The van der Waals surface area contributed by atoms with Gasteiger partial charge in [0.15, 0.2) is 5.82 Å². The summed E-state index contributed by atoms with van der Waals surface area (Å²) in [4.78, 5) is 10.8. The zero-order chi connectivity index (χ0) is 43.7. The maximum atomic E-state index is 6.58. The lowest BCUT2D eigenvalue weighted by atomic mass is 10.00. The number of hydrogen-bond acceptors (Lipinski definition) is 3. The Labute approximate surface area is 383 Å². The first-order valence-electron chi connectivity index (χ1n) is 22.8. The number of furan rings is 1. The van der Waals surface area contributed by atoms with Crippen molar-refractivity contribution < 1.29 is 4.42 Å². The van der Waals surface area contributed by atoms with E-state index < -0.39 is 0 Å². The van der Waals surface area contributed by atoms with Crippen LogP contribution in [0.25, 0.3) is 143 Å². The topological polar surface area (TPSA) is 48.8 Å². The molecular formula is C62H36N4O. The SMILES string of the molecule is c1ccc2cc3c(cc2c1)c1ccc(-n2c4ccccc4c4c5ccccc5ccc42)cc1n3-c1ccc(-c2nc(-c3cccc4c3oc3ccccc34)c3ccccc3n2)c2ccccc12. The van der Waals surface area contributed by atoms with Crippen LogP contribution in [0.1, 0.15) is 0 Å². The van der Waals surface area contributed by atoms with Crippen LogP contribution in [0.3, 0.4) is 0 Å². The quantitative estimate of drug-likeness (QED) is 0.177. The second-order valence-electron chi connectivity index (χ2n) is 17.7. The molecule has 310 valence electrons. The van der Waals surface area contributed by atoms with Crippen molar-refractivity contribution in [3.8, 4) is 34.0 Å². The molecule has 0 amide bonds. The summed E-state index contributed by atoms with van der Waals surface area (Å²) in [7, 11) is 0. The highest BCUT2D eigenvalue weighted by molar-refractivity contribution is 6.22. The molecular weight excluding hydrogens is 817 g/mol. The third-order valence-electron chi connectivity index (χ3n) is 14.1. The van der Waals surface area contributed by atoms with E-state index in [-0.39, 0.29) is 0 Å². The molecule has 0 aliphatic carbocycles. The molecule has 0 atom stereocenters. The van der Waals surface area contributed by atoms with E-state index in [9.17, 15) is 0 Å². The van der Waals surface area contributed by atoms with Crippen molar-refractivity contribution in [2.24, 2.45) is 0 Å². The van der Waals surface area contributed by atoms with Crippen molar-refractivity contribution in [3.63, 3.8) is 0 Å². The highest BCUT2D eigenvalue weighted by atomic mass is 16.3. The molecule has 4 aromatic heterocycles. The van der Waals surface area contributed by atoms with Gasteiger partial charge < -0.3 is 13.6 Å². The van der Waals surface area contributed by atoms with Gasteiger partial charge in [0.1, 0.15) is 11.2 Å². The predicted octanol–water partition coefficient (Wildman–Crippen LogP) is 16.5. The van der Waals surface area contributed by atoms with Crippen molar-refractivity contribution in [2.75, 3.05) is 0 Å². The molecule has 0 unspecified atom stereocenters. The number of benzene rings is 11. The van der Waals surface area contributed by atoms with Gasteiger partial charge in [-0.2, -0.15) is 0 Å². The molecule has 15 rings (SSSR count). The maximum Gasteiger partial charge on any atom is 0.161 e. The van der Waals surface area contributed by atoms with Gasteiger partial charge in [0.05, 0.1) is 39.0 Å². The Morgan fingerprint density at radius 3 is 1.91 bits per heavy atom. The van der Waals surface area contributed by atoms with Crippen molar-refractivity contribution >= 4 is 109 Å². The Balaban J connectivity index is 0.990. The second-order valence-corrected chi connectivity index (χ2v) is 17.7. The monoisotopic (exact) mass is 852 g/mol. The summed E-state index contributed by atoms with van der Waals surface area (Å²) in [5, 5.41) is 15.2. The second kappa shape index (κ2) is 13.7. The molecule has 5 nitrogen and oxygen atoms in total. The van der Waals surface area contributed by atoms with Crippen LogP contribution in [-0.4, -0.2) is 19.1 Å². The minimum atomic E-state index is 0.666. The number of hydrogen-bond donors (Lipinski definition) is 0. The molecule has 0 saturated carbocycles. The summed E-state index contributed by atoms with van der Waals surface area (Å²) < 4.78 is 11.5. The molecule has 4 heterocycles. The molecule has 0 bridgehead atoms. The number of nitrogens with zero attached hydrogens (tertiary/aromatic N) is 4. The summed E-state index contributed by atoms with van der Waals surface area (Å²) in [6.45, 7) is 0. The molecule has 11 aromatic carbocycles. The van der Waals surface area contributed by atoms with Crippen LogP contribution in [0.5, 0.6) is 0 Å². The van der Waals surface area contributed by atoms with Crippen LogP contribution in [-0.2, 0) is 0 Å². The Bertz CT molecular complexity index is 4590. The summed E-state index contributed by atoms with van der Waals surface area (Å²) in [5.41, 5.74) is 12.2.